The number of fused-ring (bicyclic) bond motifs is 1. The van der Waals surface area contributed by atoms with Crippen molar-refractivity contribution in [2.45, 2.75) is 35.8 Å². The first-order valence-corrected chi connectivity index (χ1v) is 12.4. The molecule has 2 saturated heterocycles. The molecule has 8 heteroatoms. The number of carbonyl (C=O) groups is 1. The Labute approximate surface area is 216 Å². The van der Waals surface area contributed by atoms with Crippen molar-refractivity contribution in [2.24, 2.45) is 0 Å². The summed E-state index contributed by atoms with van der Waals surface area (Å²) in [5, 5.41) is 10.2. The Morgan fingerprint density at radius 2 is 1.75 bits per heavy atom. The van der Waals surface area contributed by atoms with E-state index in [1.165, 1.54) is 0 Å². The number of carbonyl (C=O) groups excluding carboxylic acids is 1. The minimum Gasteiger partial charge on any atom is -0.481 e. The molecule has 2 aromatic carbocycles. The first-order valence-electron chi connectivity index (χ1n) is 11.5. The molecular formula is C28H27N3O4S. The minimum atomic E-state index is -0.170. The number of terminal acetylenes is 3. The fraction of sp³-hybridized carbons (Fsp3) is 0.321. The average molecular weight is 502 g/mol. The topological polar surface area (TPSA) is 80.9 Å². The Bertz CT molecular complexity index is 1210. The van der Waals surface area contributed by atoms with Crippen molar-refractivity contribution in [3.63, 3.8) is 0 Å². The predicted molar refractivity (Wildman–Crippen MR) is 140 cm³/mol. The largest absolute Gasteiger partial charge is 0.481 e. The van der Waals surface area contributed by atoms with Crippen LogP contribution in [-0.4, -0.2) is 42.6 Å². The molecule has 4 unspecified atom stereocenters. The van der Waals surface area contributed by atoms with Crippen LogP contribution >= 0.6 is 11.8 Å². The number of para-hydroxylation sites is 1. The van der Waals surface area contributed by atoms with E-state index >= 15 is 0 Å². The van der Waals surface area contributed by atoms with Gasteiger partial charge >= 0.3 is 0 Å². The fourth-order valence-corrected chi connectivity index (χ4v) is 5.79. The molecule has 2 fully saturated rings. The van der Waals surface area contributed by atoms with Crippen LogP contribution in [-0.2, 0) is 11.3 Å². The van der Waals surface area contributed by atoms with Gasteiger partial charge in [0, 0.05) is 29.7 Å². The zero-order valence-electron chi connectivity index (χ0n) is 19.7. The Balaban J connectivity index is 1.46. The third kappa shape index (κ3) is 6.08. The highest BCUT2D eigenvalue weighted by atomic mass is 32.2. The summed E-state index contributed by atoms with van der Waals surface area (Å²) in [4.78, 5) is 12.5. The predicted octanol–water partition coefficient (Wildman–Crippen LogP) is 2.43. The van der Waals surface area contributed by atoms with Crippen molar-refractivity contribution in [1.29, 1.82) is 0 Å². The van der Waals surface area contributed by atoms with Crippen LogP contribution in [0.4, 0.5) is 0 Å². The molecule has 0 bridgehead atoms. The van der Waals surface area contributed by atoms with E-state index in [0.717, 1.165) is 11.1 Å². The van der Waals surface area contributed by atoms with Crippen LogP contribution < -0.4 is 30.2 Å². The summed E-state index contributed by atoms with van der Waals surface area (Å²) in [6, 6.07) is 13.4. The number of amides is 1. The second-order valence-corrected chi connectivity index (χ2v) is 9.47. The van der Waals surface area contributed by atoms with Gasteiger partial charge in [-0.15, -0.1) is 31.0 Å². The van der Waals surface area contributed by atoms with E-state index in [-0.39, 0.29) is 48.6 Å². The van der Waals surface area contributed by atoms with Crippen LogP contribution in [0.2, 0.25) is 0 Å². The molecule has 0 aliphatic carbocycles. The fourth-order valence-electron chi connectivity index (χ4n) is 4.32. The summed E-state index contributed by atoms with van der Waals surface area (Å²) >= 11 is 1.74. The summed E-state index contributed by atoms with van der Waals surface area (Å²) in [6.45, 7) is 0.931. The molecule has 36 heavy (non-hydrogen) atoms. The lowest BCUT2D eigenvalue weighted by Crippen LogP contribution is -2.55. The summed E-state index contributed by atoms with van der Waals surface area (Å²) in [7, 11) is 0. The van der Waals surface area contributed by atoms with Crippen molar-refractivity contribution in [3.8, 4) is 54.3 Å². The SMILES string of the molecule is C#CCOc1cccc(C2CC(=O)NC3NC(NCc4cccc(OCC#C)c4OCC#C)SC32)c1. The Morgan fingerprint density at radius 1 is 1.00 bits per heavy atom. The highest BCUT2D eigenvalue weighted by molar-refractivity contribution is 8.00. The van der Waals surface area contributed by atoms with E-state index in [1.807, 2.05) is 36.4 Å². The average Bonchev–Trinajstić information content (AvgIpc) is 3.31. The molecule has 7 nitrogen and oxygen atoms in total. The first kappa shape index (κ1) is 25.4. The number of benzene rings is 2. The van der Waals surface area contributed by atoms with Crippen molar-refractivity contribution >= 4 is 17.7 Å². The number of nitrogens with one attached hydrogen (secondary N) is 3. The maximum atomic E-state index is 12.5. The highest BCUT2D eigenvalue weighted by Crippen LogP contribution is 2.41. The summed E-state index contributed by atoms with van der Waals surface area (Å²) in [6.07, 6.45) is 16.3. The minimum absolute atomic E-state index is 0.00767. The second kappa shape index (κ2) is 12.3. The first-order chi connectivity index (χ1) is 17.6. The normalized spacial score (nSPS) is 22.3. The lowest BCUT2D eigenvalue weighted by Gasteiger charge is -2.33. The standard InChI is InChI=1S/C28H27N3O4S/c1-4-13-33-21-11-7-9-19(16-21)22-17-24(32)30-27-26(22)36-28(31-27)29-18-20-10-8-12-23(34-14-5-2)25(20)35-15-6-3/h1-3,7-12,16,22,26-29,31H,13-15,17-18H2,(H,30,32). The van der Waals surface area contributed by atoms with Gasteiger partial charge in [-0.3, -0.25) is 15.4 Å². The van der Waals surface area contributed by atoms with Gasteiger partial charge in [0.2, 0.25) is 5.91 Å². The van der Waals surface area contributed by atoms with Crippen LogP contribution in [0.1, 0.15) is 23.5 Å². The third-order valence-corrected chi connectivity index (χ3v) is 7.32. The van der Waals surface area contributed by atoms with Crippen molar-refractivity contribution in [2.75, 3.05) is 19.8 Å². The third-order valence-electron chi connectivity index (χ3n) is 5.83. The van der Waals surface area contributed by atoms with Gasteiger partial charge in [0.1, 0.15) is 31.1 Å². The number of hydrogen-bond acceptors (Lipinski definition) is 7. The van der Waals surface area contributed by atoms with Crippen LogP contribution in [0, 0.1) is 37.0 Å². The van der Waals surface area contributed by atoms with Gasteiger partial charge < -0.3 is 19.5 Å². The van der Waals surface area contributed by atoms with Gasteiger partial charge in [-0.2, -0.15) is 0 Å². The molecule has 2 aromatic rings. The molecule has 0 radical (unpaired) electrons. The maximum absolute atomic E-state index is 12.5. The van der Waals surface area contributed by atoms with Gasteiger partial charge in [-0.05, 0) is 23.8 Å². The Hall–Kier alpha value is -3.74. The molecule has 3 N–H and O–H groups in total. The summed E-state index contributed by atoms with van der Waals surface area (Å²) in [5.74, 6) is 9.26. The van der Waals surface area contributed by atoms with Crippen molar-refractivity contribution in [3.05, 3.63) is 53.6 Å². The van der Waals surface area contributed by atoms with E-state index in [1.54, 1.807) is 17.8 Å². The van der Waals surface area contributed by atoms with Crippen LogP contribution in [0.5, 0.6) is 17.2 Å². The Kier molecular flexibility index (Phi) is 8.66. The lowest BCUT2D eigenvalue weighted by atomic mass is 9.87. The summed E-state index contributed by atoms with van der Waals surface area (Å²) in [5.41, 5.74) is 1.83. The lowest BCUT2D eigenvalue weighted by molar-refractivity contribution is -0.123. The summed E-state index contributed by atoms with van der Waals surface area (Å²) < 4.78 is 17.0. The molecule has 4 rings (SSSR count). The van der Waals surface area contributed by atoms with Gasteiger partial charge in [0.25, 0.3) is 0 Å². The van der Waals surface area contributed by atoms with E-state index < -0.39 is 0 Å². The van der Waals surface area contributed by atoms with Gasteiger partial charge in [0.05, 0.1) is 6.17 Å². The van der Waals surface area contributed by atoms with Crippen LogP contribution in [0.15, 0.2) is 42.5 Å². The van der Waals surface area contributed by atoms with Gasteiger partial charge in [-0.25, -0.2) is 0 Å². The van der Waals surface area contributed by atoms with Crippen LogP contribution in [0.25, 0.3) is 0 Å². The number of rotatable bonds is 10. The quantitative estimate of drug-likeness (QED) is 0.432. The van der Waals surface area contributed by atoms with E-state index in [0.29, 0.717) is 30.2 Å². The number of hydrogen-bond donors (Lipinski definition) is 3. The van der Waals surface area contributed by atoms with Gasteiger partial charge in [-0.1, -0.05) is 42.0 Å². The number of ether oxygens (including phenoxy) is 3. The molecule has 2 aliphatic heterocycles. The molecular weight excluding hydrogens is 474 g/mol. The van der Waals surface area contributed by atoms with Crippen molar-refractivity contribution < 1.29 is 19.0 Å². The monoisotopic (exact) mass is 501 g/mol. The molecule has 1 amide bonds. The zero-order valence-corrected chi connectivity index (χ0v) is 20.5. The number of piperidine rings is 1. The molecule has 0 saturated carbocycles. The maximum Gasteiger partial charge on any atom is 0.221 e. The van der Waals surface area contributed by atoms with E-state index in [2.05, 4.69) is 33.7 Å². The molecule has 0 spiro atoms. The van der Waals surface area contributed by atoms with Gasteiger partial charge in [0.15, 0.2) is 11.5 Å². The molecule has 4 atom stereocenters. The zero-order chi connectivity index (χ0) is 25.3. The Morgan fingerprint density at radius 3 is 2.56 bits per heavy atom. The molecule has 184 valence electrons. The van der Waals surface area contributed by atoms with E-state index in [9.17, 15) is 4.79 Å². The molecule has 2 aliphatic rings. The number of thioether (sulfide) groups is 1. The molecule has 0 aromatic heterocycles. The second-order valence-electron chi connectivity index (χ2n) is 8.18. The van der Waals surface area contributed by atoms with Crippen LogP contribution in [0.3, 0.4) is 0 Å². The van der Waals surface area contributed by atoms with Crippen molar-refractivity contribution in [1.82, 2.24) is 16.0 Å². The smallest absolute Gasteiger partial charge is 0.221 e. The molecule has 2 heterocycles. The van der Waals surface area contributed by atoms with E-state index in [4.69, 9.17) is 33.5 Å². The highest BCUT2D eigenvalue weighted by Gasteiger charge is 2.44.